The van der Waals surface area contributed by atoms with E-state index in [4.69, 9.17) is 4.74 Å². The normalized spacial score (nSPS) is 15.5. The van der Waals surface area contributed by atoms with Gasteiger partial charge in [-0.25, -0.2) is 12.8 Å². The standard InChI is InChI=1S/C21H23FN2O4S/c1-23(16-18-2-7-19(22)8-3-18)21(25)11-6-17-4-9-20(10-5-17)29(26,27)24-12-14-28-15-13-24/h2-11H,12-16H2,1H3/b11-6+. The van der Waals surface area contributed by atoms with Crippen molar-refractivity contribution in [3.05, 3.63) is 71.6 Å². The van der Waals surface area contributed by atoms with E-state index in [0.717, 1.165) is 11.1 Å². The zero-order valence-electron chi connectivity index (χ0n) is 16.1. The lowest BCUT2D eigenvalue weighted by molar-refractivity contribution is -0.125. The van der Waals surface area contributed by atoms with E-state index in [1.54, 1.807) is 37.4 Å². The summed E-state index contributed by atoms with van der Waals surface area (Å²) in [5, 5.41) is 0. The molecule has 29 heavy (non-hydrogen) atoms. The Kier molecular flexibility index (Phi) is 6.79. The average molecular weight is 418 g/mol. The molecule has 8 heteroatoms. The van der Waals surface area contributed by atoms with Crippen molar-refractivity contribution in [2.45, 2.75) is 11.4 Å². The Morgan fingerprint density at radius 1 is 1.10 bits per heavy atom. The molecule has 3 rings (SSSR count). The number of benzene rings is 2. The van der Waals surface area contributed by atoms with Crippen molar-refractivity contribution in [1.29, 1.82) is 0 Å². The average Bonchev–Trinajstić information content (AvgIpc) is 2.74. The van der Waals surface area contributed by atoms with Crippen LogP contribution in [0.25, 0.3) is 6.08 Å². The molecule has 1 aliphatic rings. The molecule has 0 aromatic heterocycles. The third-order valence-electron chi connectivity index (χ3n) is 4.62. The summed E-state index contributed by atoms with van der Waals surface area (Å²) >= 11 is 0. The lowest BCUT2D eigenvalue weighted by Crippen LogP contribution is -2.40. The topological polar surface area (TPSA) is 66.9 Å². The number of ether oxygens (including phenoxy) is 1. The van der Waals surface area contributed by atoms with Crippen molar-refractivity contribution in [3.63, 3.8) is 0 Å². The van der Waals surface area contributed by atoms with E-state index >= 15 is 0 Å². The molecule has 0 atom stereocenters. The van der Waals surface area contributed by atoms with Gasteiger partial charge in [-0.1, -0.05) is 24.3 Å². The molecular formula is C21H23FN2O4S. The third-order valence-corrected chi connectivity index (χ3v) is 6.53. The number of likely N-dealkylation sites (N-methyl/N-ethyl adjacent to an activating group) is 1. The van der Waals surface area contributed by atoms with Crippen LogP contribution in [0.2, 0.25) is 0 Å². The van der Waals surface area contributed by atoms with Crippen LogP contribution in [0.15, 0.2) is 59.5 Å². The largest absolute Gasteiger partial charge is 0.379 e. The lowest BCUT2D eigenvalue weighted by Gasteiger charge is -2.26. The van der Waals surface area contributed by atoms with Crippen molar-refractivity contribution >= 4 is 22.0 Å². The molecule has 1 amide bonds. The highest BCUT2D eigenvalue weighted by Gasteiger charge is 2.25. The van der Waals surface area contributed by atoms with Crippen LogP contribution in [0.4, 0.5) is 4.39 Å². The van der Waals surface area contributed by atoms with Crippen LogP contribution in [0, 0.1) is 5.82 Å². The summed E-state index contributed by atoms with van der Waals surface area (Å²) in [7, 11) is -1.87. The third kappa shape index (κ3) is 5.50. The predicted molar refractivity (Wildman–Crippen MR) is 108 cm³/mol. The van der Waals surface area contributed by atoms with Crippen LogP contribution >= 0.6 is 0 Å². The van der Waals surface area contributed by atoms with Crippen LogP contribution < -0.4 is 0 Å². The molecule has 2 aromatic carbocycles. The summed E-state index contributed by atoms with van der Waals surface area (Å²) in [5.74, 6) is -0.527. The second-order valence-corrected chi connectivity index (χ2v) is 8.68. The minimum atomic E-state index is -3.53. The maximum atomic E-state index is 13.0. The van der Waals surface area contributed by atoms with E-state index in [2.05, 4.69) is 0 Å². The van der Waals surface area contributed by atoms with Gasteiger partial charge in [-0.3, -0.25) is 4.79 Å². The van der Waals surface area contributed by atoms with Crippen molar-refractivity contribution in [2.24, 2.45) is 0 Å². The fourth-order valence-electron chi connectivity index (χ4n) is 2.92. The number of halogens is 1. The van der Waals surface area contributed by atoms with Gasteiger partial charge in [0.2, 0.25) is 15.9 Å². The minimum absolute atomic E-state index is 0.209. The van der Waals surface area contributed by atoms with Gasteiger partial charge in [0.25, 0.3) is 0 Å². The Bertz CT molecular complexity index is 967. The van der Waals surface area contributed by atoms with Crippen molar-refractivity contribution < 1.29 is 22.3 Å². The van der Waals surface area contributed by atoms with Gasteiger partial charge in [-0.2, -0.15) is 4.31 Å². The van der Waals surface area contributed by atoms with Gasteiger partial charge in [0.15, 0.2) is 0 Å². The first-order valence-corrected chi connectivity index (χ1v) is 10.7. The Balaban J connectivity index is 1.61. The maximum Gasteiger partial charge on any atom is 0.246 e. The van der Waals surface area contributed by atoms with Crippen LogP contribution in [-0.2, 0) is 26.1 Å². The number of amides is 1. The van der Waals surface area contributed by atoms with Crippen molar-refractivity contribution in [2.75, 3.05) is 33.4 Å². The Morgan fingerprint density at radius 2 is 1.72 bits per heavy atom. The molecule has 1 saturated heterocycles. The molecule has 6 nitrogen and oxygen atoms in total. The highest BCUT2D eigenvalue weighted by molar-refractivity contribution is 7.89. The van der Waals surface area contributed by atoms with E-state index in [1.165, 1.54) is 39.5 Å². The summed E-state index contributed by atoms with van der Waals surface area (Å²) < 4.78 is 44.8. The lowest BCUT2D eigenvalue weighted by atomic mass is 10.2. The highest BCUT2D eigenvalue weighted by atomic mass is 32.2. The number of nitrogens with zero attached hydrogens (tertiary/aromatic N) is 2. The number of sulfonamides is 1. The van der Waals surface area contributed by atoms with Gasteiger partial charge in [0.05, 0.1) is 18.1 Å². The first kappa shape index (κ1) is 21.2. The van der Waals surface area contributed by atoms with Gasteiger partial charge in [0.1, 0.15) is 5.82 Å². The number of rotatable bonds is 6. The molecule has 1 aliphatic heterocycles. The first-order valence-electron chi connectivity index (χ1n) is 9.22. The second kappa shape index (κ2) is 9.30. The molecule has 154 valence electrons. The van der Waals surface area contributed by atoms with Gasteiger partial charge < -0.3 is 9.64 Å². The quantitative estimate of drug-likeness (QED) is 0.676. The Labute approximate surface area is 170 Å². The zero-order valence-corrected chi connectivity index (χ0v) is 16.9. The Hall–Kier alpha value is -2.55. The van der Waals surface area contributed by atoms with Gasteiger partial charge in [-0.15, -0.1) is 0 Å². The van der Waals surface area contributed by atoms with E-state index in [1.807, 2.05) is 0 Å². The van der Waals surface area contributed by atoms with E-state index in [-0.39, 0.29) is 16.6 Å². The molecule has 0 spiro atoms. The number of hydrogen-bond donors (Lipinski definition) is 0. The van der Waals surface area contributed by atoms with Crippen LogP contribution in [0.1, 0.15) is 11.1 Å². The molecule has 0 aliphatic carbocycles. The molecule has 1 fully saturated rings. The summed E-state index contributed by atoms with van der Waals surface area (Å²) in [6.45, 7) is 1.85. The molecule has 0 bridgehead atoms. The van der Waals surface area contributed by atoms with Crippen molar-refractivity contribution in [1.82, 2.24) is 9.21 Å². The number of carbonyl (C=O) groups excluding carboxylic acids is 1. The summed E-state index contributed by atoms with van der Waals surface area (Å²) in [4.78, 5) is 14.0. The minimum Gasteiger partial charge on any atom is -0.379 e. The second-order valence-electron chi connectivity index (χ2n) is 6.74. The first-order chi connectivity index (χ1) is 13.9. The molecule has 1 heterocycles. The fourth-order valence-corrected chi connectivity index (χ4v) is 4.33. The molecule has 0 saturated carbocycles. The van der Waals surface area contributed by atoms with Crippen LogP contribution in [0.3, 0.4) is 0 Å². The van der Waals surface area contributed by atoms with Gasteiger partial charge >= 0.3 is 0 Å². The van der Waals surface area contributed by atoms with Crippen molar-refractivity contribution in [3.8, 4) is 0 Å². The van der Waals surface area contributed by atoms with Crippen LogP contribution in [0.5, 0.6) is 0 Å². The number of hydrogen-bond acceptors (Lipinski definition) is 4. The molecular weight excluding hydrogens is 395 g/mol. The SMILES string of the molecule is CN(Cc1ccc(F)cc1)C(=O)/C=C/c1ccc(S(=O)(=O)N2CCOCC2)cc1. The Morgan fingerprint density at radius 3 is 2.34 bits per heavy atom. The number of carbonyl (C=O) groups is 1. The molecule has 0 N–H and O–H groups in total. The summed E-state index contributed by atoms with van der Waals surface area (Å²) in [6, 6.07) is 12.4. The van der Waals surface area contributed by atoms with E-state index in [0.29, 0.717) is 32.8 Å². The van der Waals surface area contributed by atoms with E-state index < -0.39 is 10.0 Å². The molecule has 2 aromatic rings. The molecule has 0 unspecified atom stereocenters. The van der Waals surface area contributed by atoms with Crippen LogP contribution in [-0.4, -0.2) is 56.9 Å². The monoisotopic (exact) mass is 418 g/mol. The van der Waals surface area contributed by atoms with Gasteiger partial charge in [0, 0.05) is 32.8 Å². The summed E-state index contributed by atoms with van der Waals surface area (Å²) in [5.41, 5.74) is 1.54. The summed E-state index contributed by atoms with van der Waals surface area (Å²) in [6.07, 6.45) is 3.06. The maximum absolute atomic E-state index is 13.0. The molecule has 0 radical (unpaired) electrons. The fraction of sp³-hybridized carbons (Fsp3) is 0.286. The number of morpholine rings is 1. The van der Waals surface area contributed by atoms with Gasteiger partial charge in [-0.05, 0) is 41.5 Å². The highest BCUT2D eigenvalue weighted by Crippen LogP contribution is 2.18. The smallest absolute Gasteiger partial charge is 0.246 e. The zero-order chi connectivity index (χ0) is 20.9. The predicted octanol–water partition coefficient (Wildman–Crippen LogP) is 2.52. The van der Waals surface area contributed by atoms with E-state index in [9.17, 15) is 17.6 Å².